The lowest BCUT2D eigenvalue weighted by Gasteiger charge is -2.28. The number of carbonyl (C=O) groups is 1. The van der Waals surface area contributed by atoms with E-state index in [0.29, 0.717) is 12.3 Å². The van der Waals surface area contributed by atoms with Crippen molar-refractivity contribution in [3.8, 4) is 0 Å². The minimum atomic E-state index is -0.434. The Morgan fingerprint density at radius 2 is 1.48 bits per heavy atom. The molecule has 0 aliphatic carbocycles. The van der Waals surface area contributed by atoms with Crippen LogP contribution in [-0.4, -0.2) is 25.8 Å². The van der Waals surface area contributed by atoms with E-state index in [4.69, 9.17) is 4.74 Å². The summed E-state index contributed by atoms with van der Waals surface area (Å²) < 4.78 is 4.86. The van der Waals surface area contributed by atoms with Gasteiger partial charge in [-0.2, -0.15) is 0 Å². The molecule has 0 bridgehead atoms. The van der Waals surface area contributed by atoms with Crippen molar-refractivity contribution in [3.63, 3.8) is 0 Å². The van der Waals surface area contributed by atoms with E-state index in [-0.39, 0.29) is 0 Å². The molecule has 2 N–H and O–H groups in total. The highest BCUT2D eigenvalue weighted by Gasteiger charge is 2.10. The molecule has 1 saturated heterocycles. The fourth-order valence-electron chi connectivity index (χ4n) is 3.00. The molecule has 5 nitrogen and oxygen atoms in total. The fourth-order valence-corrected chi connectivity index (χ4v) is 3.00. The molecule has 5 heteroatoms. The van der Waals surface area contributed by atoms with E-state index in [1.54, 1.807) is 6.92 Å². The largest absolute Gasteiger partial charge is 0.450 e. The first-order valence-corrected chi connectivity index (χ1v) is 8.90. The second-order valence-corrected chi connectivity index (χ2v) is 6.14. The van der Waals surface area contributed by atoms with Crippen LogP contribution in [0.1, 0.15) is 26.2 Å². The standard InChI is InChI=1S/C20H25N3O2/c1-2-25-20(24)22-18-8-6-16(7-9-18)21-17-10-12-19(13-11-17)23-14-4-3-5-15-23/h6-13,21H,2-5,14-15H2,1H3,(H,22,24). The van der Waals surface area contributed by atoms with Crippen LogP contribution in [0, 0.1) is 0 Å². The van der Waals surface area contributed by atoms with Crippen molar-refractivity contribution in [2.24, 2.45) is 0 Å². The molecule has 3 rings (SSSR count). The van der Waals surface area contributed by atoms with Crippen LogP contribution in [0.5, 0.6) is 0 Å². The van der Waals surface area contributed by atoms with Gasteiger partial charge in [0.15, 0.2) is 0 Å². The quantitative estimate of drug-likeness (QED) is 0.806. The van der Waals surface area contributed by atoms with Gasteiger partial charge in [0.05, 0.1) is 6.61 Å². The molecule has 25 heavy (non-hydrogen) atoms. The highest BCUT2D eigenvalue weighted by Crippen LogP contribution is 2.24. The maximum absolute atomic E-state index is 11.4. The van der Waals surface area contributed by atoms with Gasteiger partial charge in [0.1, 0.15) is 0 Å². The molecule has 2 aromatic carbocycles. The van der Waals surface area contributed by atoms with E-state index in [2.05, 4.69) is 39.8 Å². The first-order chi connectivity index (χ1) is 12.2. The molecular formula is C20H25N3O2. The zero-order chi connectivity index (χ0) is 17.5. The SMILES string of the molecule is CCOC(=O)Nc1ccc(Nc2ccc(N3CCCCC3)cc2)cc1. The number of anilines is 4. The van der Waals surface area contributed by atoms with Crippen molar-refractivity contribution in [2.75, 3.05) is 35.2 Å². The zero-order valence-corrected chi connectivity index (χ0v) is 14.6. The number of hydrogen-bond donors (Lipinski definition) is 2. The normalized spacial score (nSPS) is 14.0. The molecule has 0 radical (unpaired) electrons. The van der Waals surface area contributed by atoms with Crippen LogP contribution in [-0.2, 0) is 4.74 Å². The molecule has 0 atom stereocenters. The van der Waals surface area contributed by atoms with Gasteiger partial charge < -0.3 is 15.0 Å². The third kappa shape index (κ3) is 4.89. The zero-order valence-electron chi connectivity index (χ0n) is 14.6. The summed E-state index contributed by atoms with van der Waals surface area (Å²) in [5.41, 5.74) is 4.02. The summed E-state index contributed by atoms with van der Waals surface area (Å²) in [5.74, 6) is 0. The van der Waals surface area contributed by atoms with Gasteiger partial charge in [-0.05, 0) is 74.7 Å². The number of ether oxygens (including phenoxy) is 1. The van der Waals surface area contributed by atoms with E-state index >= 15 is 0 Å². The highest BCUT2D eigenvalue weighted by molar-refractivity contribution is 5.85. The smallest absolute Gasteiger partial charge is 0.411 e. The van der Waals surface area contributed by atoms with Crippen molar-refractivity contribution < 1.29 is 9.53 Å². The van der Waals surface area contributed by atoms with Crippen LogP contribution in [0.25, 0.3) is 0 Å². The molecule has 0 aromatic heterocycles. The Morgan fingerprint density at radius 1 is 0.920 bits per heavy atom. The van der Waals surface area contributed by atoms with Crippen molar-refractivity contribution >= 4 is 28.8 Å². The minimum absolute atomic E-state index is 0.360. The number of amides is 1. The molecule has 0 saturated carbocycles. The summed E-state index contributed by atoms with van der Waals surface area (Å²) in [6.07, 6.45) is 3.48. The van der Waals surface area contributed by atoms with Gasteiger partial charge in [-0.15, -0.1) is 0 Å². The summed E-state index contributed by atoms with van der Waals surface area (Å²) in [4.78, 5) is 13.8. The number of benzene rings is 2. The predicted octanol–water partition coefficient (Wildman–Crippen LogP) is 4.99. The summed E-state index contributed by atoms with van der Waals surface area (Å²) in [7, 11) is 0. The molecule has 1 fully saturated rings. The number of carbonyl (C=O) groups excluding carboxylic acids is 1. The van der Waals surface area contributed by atoms with Crippen molar-refractivity contribution in [1.29, 1.82) is 0 Å². The molecule has 1 heterocycles. The number of hydrogen-bond acceptors (Lipinski definition) is 4. The van der Waals surface area contributed by atoms with Crippen LogP contribution in [0.15, 0.2) is 48.5 Å². The molecule has 1 aliphatic rings. The average molecular weight is 339 g/mol. The molecule has 1 aliphatic heterocycles. The summed E-state index contributed by atoms with van der Waals surface area (Å²) in [6.45, 7) is 4.45. The van der Waals surface area contributed by atoms with E-state index in [9.17, 15) is 4.79 Å². The van der Waals surface area contributed by atoms with Gasteiger partial charge in [-0.25, -0.2) is 4.79 Å². The van der Waals surface area contributed by atoms with Crippen LogP contribution < -0.4 is 15.5 Å². The van der Waals surface area contributed by atoms with E-state index in [1.165, 1.54) is 24.9 Å². The van der Waals surface area contributed by atoms with Crippen molar-refractivity contribution in [2.45, 2.75) is 26.2 Å². The Hall–Kier alpha value is -2.69. The van der Waals surface area contributed by atoms with Gasteiger partial charge in [0.2, 0.25) is 0 Å². The molecular weight excluding hydrogens is 314 g/mol. The molecule has 2 aromatic rings. The molecule has 0 unspecified atom stereocenters. The lowest BCUT2D eigenvalue weighted by atomic mass is 10.1. The monoisotopic (exact) mass is 339 g/mol. The topological polar surface area (TPSA) is 53.6 Å². The van der Waals surface area contributed by atoms with Crippen LogP contribution in [0.3, 0.4) is 0 Å². The molecule has 1 amide bonds. The highest BCUT2D eigenvalue weighted by atomic mass is 16.5. The van der Waals surface area contributed by atoms with E-state index in [1.807, 2.05) is 24.3 Å². The van der Waals surface area contributed by atoms with Crippen LogP contribution >= 0.6 is 0 Å². The third-order valence-electron chi connectivity index (χ3n) is 4.28. The van der Waals surface area contributed by atoms with Gasteiger partial charge >= 0.3 is 6.09 Å². The Kier molecular flexibility index (Phi) is 5.77. The maximum Gasteiger partial charge on any atom is 0.411 e. The van der Waals surface area contributed by atoms with E-state index in [0.717, 1.165) is 24.5 Å². The Morgan fingerprint density at radius 3 is 2.08 bits per heavy atom. The third-order valence-corrected chi connectivity index (χ3v) is 4.28. The number of rotatable bonds is 5. The lowest BCUT2D eigenvalue weighted by Crippen LogP contribution is -2.29. The first-order valence-electron chi connectivity index (χ1n) is 8.90. The summed E-state index contributed by atoms with van der Waals surface area (Å²) in [6, 6.07) is 16.1. The number of nitrogens with one attached hydrogen (secondary N) is 2. The van der Waals surface area contributed by atoms with Crippen LogP contribution in [0.2, 0.25) is 0 Å². The lowest BCUT2D eigenvalue weighted by molar-refractivity contribution is 0.168. The molecule has 0 spiro atoms. The Balaban J connectivity index is 1.57. The second kappa shape index (κ2) is 8.42. The summed E-state index contributed by atoms with van der Waals surface area (Å²) >= 11 is 0. The second-order valence-electron chi connectivity index (χ2n) is 6.14. The van der Waals surface area contributed by atoms with Crippen molar-refractivity contribution in [3.05, 3.63) is 48.5 Å². The number of nitrogens with zero attached hydrogens (tertiary/aromatic N) is 1. The number of piperidine rings is 1. The van der Waals surface area contributed by atoms with Gasteiger partial charge in [0, 0.05) is 35.8 Å². The predicted molar refractivity (Wildman–Crippen MR) is 103 cm³/mol. The first kappa shape index (κ1) is 17.1. The van der Waals surface area contributed by atoms with Crippen molar-refractivity contribution in [1.82, 2.24) is 0 Å². The van der Waals surface area contributed by atoms with Crippen LogP contribution in [0.4, 0.5) is 27.5 Å². The molecule has 132 valence electrons. The van der Waals surface area contributed by atoms with Gasteiger partial charge in [-0.3, -0.25) is 5.32 Å². The minimum Gasteiger partial charge on any atom is -0.450 e. The van der Waals surface area contributed by atoms with E-state index < -0.39 is 6.09 Å². The Labute approximate surface area is 149 Å². The Bertz CT molecular complexity index is 677. The van der Waals surface area contributed by atoms with Gasteiger partial charge in [-0.1, -0.05) is 0 Å². The average Bonchev–Trinajstić information content (AvgIpc) is 2.65. The summed E-state index contributed by atoms with van der Waals surface area (Å²) in [5, 5.41) is 6.06. The van der Waals surface area contributed by atoms with Gasteiger partial charge in [0.25, 0.3) is 0 Å². The fraction of sp³-hybridized carbons (Fsp3) is 0.350. The maximum atomic E-state index is 11.4.